The molecule has 1 aliphatic rings. The topological polar surface area (TPSA) is 118 Å². The highest BCUT2D eigenvalue weighted by Gasteiger charge is 2.35. The molecule has 0 bridgehead atoms. The van der Waals surface area contributed by atoms with Gasteiger partial charge < -0.3 is 16.4 Å². The summed E-state index contributed by atoms with van der Waals surface area (Å²) in [6.45, 7) is 1.38. The van der Waals surface area contributed by atoms with Crippen LogP contribution in [-0.2, 0) is 16.1 Å². The molecule has 3 aromatic rings. The Morgan fingerprint density at radius 3 is 2.87 bits per heavy atom. The summed E-state index contributed by atoms with van der Waals surface area (Å²) in [5, 5.41) is 0.743. The van der Waals surface area contributed by atoms with Gasteiger partial charge in [0, 0.05) is 29.9 Å². The largest absolute Gasteiger partial charge is 0.383 e. The van der Waals surface area contributed by atoms with Gasteiger partial charge in [-0.15, -0.1) is 11.3 Å². The monoisotopic (exact) mass is 456 g/mol. The van der Waals surface area contributed by atoms with Gasteiger partial charge in [0.05, 0.1) is 16.4 Å². The number of thiophene rings is 1. The Morgan fingerprint density at radius 2 is 2.13 bits per heavy atom. The molecule has 4 rings (SSSR count). The first-order chi connectivity index (χ1) is 14.9. The van der Waals surface area contributed by atoms with Crippen molar-refractivity contribution in [3.63, 3.8) is 0 Å². The zero-order chi connectivity index (χ0) is 22.0. The van der Waals surface area contributed by atoms with Gasteiger partial charge in [-0.2, -0.15) is 0 Å². The minimum Gasteiger partial charge on any atom is -0.383 e. The smallest absolute Gasteiger partial charge is 0.241 e. The number of aromatic nitrogens is 2. The Balaban J connectivity index is 1.46. The number of carbonyl (C=O) groups is 2. The van der Waals surface area contributed by atoms with Gasteiger partial charge in [-0.1, -0.05) is 23.7 Å². The molecule has 3 heterocycles. The van der Waals surface area contributed by atoms with Crippen molar-refractivity contribution in [3.8, 4) is 0 Å². The summed E-state index contributed by atoms with van der Waals surface area (Å²) in [7, 11) is 0. The maximum absolute atomic E-state index is 12.9. The van der Waals surface area contributed by atoms with Crippen LogP contribution in [0.5, 0.6) is 0 Å². The van der Waals surface area contributed by atoms with E-state index in [-0.39, 0.29) is 19.0 Å². The third kappa shape index (κ3) is 4.84. The second-order valence-corrected chi connectivity index (χ2v) is 9.04. The number of hydrogen-bond acceptors (Lipinski definition) is 7. The van der Waals surface area contributed by atoms with Crippen molar-refractivity contribution in [2.45, 2.75) is 12.6 Å². The lowest BCUT2D eigenvalue weighted by Crippen LogP contribution is -2.60. The summed E-state index contributed by atoms with van der Waals surface area (Å²) < 4.78 is 0.722. The molecule has 2 amide bonds. The van der Waals surface area contributed by atoms with Crippen LogP contribution in [0, 0.1) is 0 Å². The minimum absolute atomic E-state index is 0.148. The molecular weight excluding hydrogens is 436 g/mol. The van der Waals surface area contributed by atoms with E-state index in [0.29, 0.717) is 24.4 Å². The number of nitrogens with zero attached hydrogens (tertiary/aromatic N) is 4. The van der Waals surface area contributed by atoms with Gasteiger partial charge in [-0.25, -0.2) is 9.97 Å². The van der Waals surface area contributed by atoms with Gasteiger partial charge >= 0.3 is 0 Å². The minimum atomic E-state index is -0.711. The van der Waals surface area contributed by atoms with E-state index in [2.05, 4.69) is 9.97 Å². The molecule has 0 saturated carbocycles. The first-order valence-electron chi connectivity index (χ1n) is 9.63. The number of primary amides is 1. The zero-order valence-corrected chi connectivity index (χ0v) is 18.1. The fourth-order valence-electron chi connectivity index (χ4n) is 3.60. The second-order valence-electron chi connectivity index (χ2n) is 7.29. The van der Waals surface area contributed by atoms with E-state index in [0.717, 1.165) is 20.2 Å². The Bertz CT molecular complexity index is 1160. The van der Waals surface area contributed by atoms with Crippen LogP contribution < -0.4 is 11.5 Å². The van der Waals surface area contributed by atoms with Crippen molar-refractivity contribution in [1.29, 1.82) is 0 Å². The molecule has 1 atom stereocenters. The Labute approximate surface area is 188 Å². The molecule has 0 aliphatic carbocycles. The number of hydrogen-bond donors (Lipinski definition) is 2. The van der Waals surface area contributed by atoms with Crippen molar-refractivity contribution in [1.82, 2.24) is 19.8 Å². The summed E-state index contributed by atoms with van der Waals surface area (Å²) >= 11 is 7.42. The maximum Gasteiger partial charge on any atom is 0.241 e. The van der Waals surface area contributed by atoms with Gasteiger partial charge in [0.15, 0.2) is 0 Å². The number of benzene rings is 1. The third-order valence-corrected chi connectivity index (χ3v) is 6.34. The van der Waals surface area contributed by atoms with Crippen LogP contribution in [0.3, 0.4) is 0 Å². The summed E-state index contributed by atoms with van der Waals surface area (Å²) in [4.78, 5) is 37.7. The van der Waals surface area contributed by atoms with Crippen LogP contribution in [0.15, 0.2) is 42.7 Å². The molecule has 0 spiro atoms. The quantitative estimate of drug-likeness (QED) is 0.586. The van der Waals surface area contributed by atoms with Crippen LogP contribution in [-0.4, -0.2) is 57.3 Å². The lowest BCUT2D eigenvalue weighted by molar-refractivity contribution is -0.146. The molecule has 10 heteroatoms. The highest BCUT2D eigenvalue weighted by atomic mass is 35.5. The Kier molecular flexibility index (Phi) is 6.17. The fraction of sp³-hybridized carbons (Fsp3) is 0.238. The molecule has 8 nitrogen and oxygen atoms in total. The highest BCUT2D eigenvalue weighted by Crippen LogP contribution is 2.23. The van der Waals surface area contributed by atoms with Crippen molar-refractivity contribution in [3.05, 3.63) is 57.5 Å². The number of fused-ring (bicyclic) bond motifs is 1. The van der Waals surface area contributed by atoms with Crippen molar-refractivity contribution in [2.75, 3.05) is 25.4 Å². The van der Waals surface area contributed by atoms with E-state index in [9.17, 15) is 9.59 Å². The lowest BCUT2D eigenvalue weighted by Gasteiger charge is -2.39. The molecule has 1 fully saturated rings. The molecule has 0 radical (unpaired) electrons. The SMILES string of the molecule is NC(=O)C1CN(C/C=C/c2ccc(Cl)s2)CC(=O)N1Cc1ccc2c(N)ncnc2c1. The first kappa shape index (κ1) is 21.2. The normalized spacial score (nSPS) is 17.6. The standard InChI is InChI=1S/C21H21ClN6O2S/c22-18-6-4-14(31-18)2-1-7-27-10-17(21(24)30)28(19(29)11-27)9-13-3-5-15-16(8-13)25-12-26-20(15)23/h1-6,8,12,17H,7,9-11H2,(H2,24,30)(H2,23,25,26)/b2-1+. The van der Waals surface area contributed by atoms with Crippen LogP contribution >= 0.6 is 22.9 Å². The van der Waals surface area contributed by atoms with Gasteiger partial charge in [-0.05, 0) is 35.9 Å². The van der Waals surface area contributed by atoms with Gasteiger partial charge in [0.2, 0.25) is 11.8 Å². The molecule has 31 heavy (non-hydrogen) atoms. The molecule has 1 aliphatic heterocycles. The molecular formula is C21H21ClN6O2S. The molecule has 1 aromatic carbocycles. The molecule has 2 aromatic heterocycles. The van der Waals surface area contributed by atoms with Crippen molar-refractivity contribution in [2.24, 2.45) is 5.73 Å². The molecule has 1 saturated heterocycles. The number of halogens is 1. The summed E-state index contributed by atoms with van der Waals surface area (Å²) in [5.41, 5.74) is 13.0. The average molecular weight is 457 g/mol. The summed E-state index contributed by atoms with van der Waals surface area (Å²) in [6.07, 6.45) is 5.31. The fourth-order valence-corrected chi connectivity index (χ4v) is 4.59. The average Bonchev–Trinajstić information content (AvgIpc) is 3.14. The summed E-state index contributed by atoms with van der Waals surface area (Å²) in [5.74, 6) is -0.279. The van der Waals surface area contributed by atoms with E-state index in [4.69, 9.17) is 23.1 Å². The number of amides is 2. The second kappa shape index (κ2) is 9.01. The van der Waals surface area contributed by atoms with Crippen LogP contribution in [0.2, 0.25) is 4.34 Å². The molecule has 160 valence electrons. The number of piperazine rings is 1. The van der Waals surface area contributed by atoms with Gasteiger partial charge in [0.25, 0.3) is 0 Å². The number of nitrogens with two attached hydrogens (primary N) is 2. The number of anilines is 1. The lowest BCUT2D eigenvalue weighted by atomic mass is 10.1. The van der Waals surface area contributed by atoms with E-state index in [1.54, 1.807) is 0 Å². The predicted molar refractivity (Wildman–Crippen MR) is 122 cm³/mol. The molecule has 4 N–H and O–H groups in total. The van der Waals surface area contributed by atoms with Gasteiger partial charge in [-0.3, -0.25) is 14.5 Å². The summed E-state index contributed by atoms with van der Waals surface area (Å²) in [6, 6.07) is 8.58. The van der Waals surface area contributed by atoms with E-state index in [1.807, 2.05) is 47.4 Å². The van der Waals surface area contributed by atoms with Crippen LogP contribution in [0.1, 0.15) is 10.4 Å². The van der Waals surface area contributed by atoms with E-state index in [1.165, 1.54) is 22.6 Å². The van der Waals surface area contributed by atoms with E-state index < -0.39 is 11.9 Å². The third-order valence-electron chi connectivity index (χ3n) is 5.14. The van der Waals surface area contributed by atoms with Crippen LogP contribution in [0.25, 0.3) is 17.0 Å². The Hall–Kier alpha value is -3.01. The first-order valence-corrected chi connectivity index (χ1v) is 10.8. The molecule has 1 unspecified atom stereocenters. The van der Waals surface area contributed by atoms with Crippen LogP contribution in [0.4, 0.5) is 5.82 Å². The maximum atomic E-state index is 12.9. The van der Waals surface area contributed by atoms with Crippen molar-refractivity contribution >= 4 is 57.5 Å². The predicted octanol–water partition coefficient (Wildman–Crippen LogP) is 2.14. The Morgan fingerprint density at radius 1 is 1.29 bits per heavy atom. The van der Waals surface area contributed by atoms with Gasteiger partial charge in [0.1, 0.15) is 18.2 Å². The number of carbonyl (C=O) groups excluding carboxylic acids is 2. The van der Waals surface area contributed by atoms with E-state index >= 15 is 0 Å². The zero-order valence-electron chi connectivity index (χ0n) is 16.6. The number of rotatable bonds is 6. The highest BCUT2D eigenvalue weighted by molar-refractivity contribution is 7.16. The number of nitrogen functional groups attached to an aromatic ring is 1. The van der Waals surface area contributed by atoms with Crippen molar-refractivity contribution < 1.29 is 9.59 Å².